The molecule has 0 saturated heterocycles. The molecular formula is C14H13N3O4. The maximum Gasteiger partial charge on any atom is 0.376 e. The number of nitrogen functional groups attached to an aromatic ring is 1. The van der Waals surface area contributed by atoms with Gasteiger partial charge in [-0.3, -0.25) is 9.48 Å². The third-order valence-corrected chi connectivity index (χ3v) is 2.73. The van der Waals surface area contributed by atoms with Crippen LogP contribution in [0.2, 0.25) is 0 Å². The third-order valence-electron chi connectivity index (χ3n) is 2.73. The summed E-state index contributed by atoms with van der Waals surface area (Å²) in [6, 6.07) is 7.23. The average Bonchev–Trinajstić information content (AvgIpc) is 2.90. The first-order chi connectivity index (χ1) is 9.95. The minimum absolute atomic E-state index is 0.264. The number of aliphatic hydroxyl groups is 1. The summed E-state index contributed by atoms with van der Waals surface area (Å²) in [6.07, 6.45) is 3.50. The number of aromatic nitrogens is 2. The van der Waals surface area contributed by atoms with Crippen molar-refractivity contribution in [3.63, 3.8) is 0 Å². The largest absolute Gasteiger partial charge is 0.507 e. The van der Waals surface area contributed by atoms with Gasteiger partial charge in [-0.15, -0.1) is 0 Å². The van der Waals surface area contributed by atoms with Crippen LogP contribution in [-0.2, 0) is 16.1 Å². The van der Waals surface area contributed by atoms with E-state index in [9.17, 15) is 14.7 Å². The summed E-state index contributed by atoms with van der Waals surface area (Å²) in [4.78, 5) is 21.4. The number of ketones is 1. The quantitative estimate of drug-likeness (QED) is 0.327. The number of carboxylic acids is 1. The Kier molecular flexibility index (Phi) is 4.03. The zero-order valence-corrected chi connectivity index (χ0v) is 10.9. The number of carbonyl (C=O) groups is 2. The van der Waals surface area contributed by atoms with Crippen molar-refractivity contribution in [2.45, 2.75) is 6.54 Å². The molecule has 0 aliphatic carbocycles. The van der Waals surface area contributed by atoms with E-state index < -0.39 is 17.5 Å². The van der Waals surface area contributed by atoms with Gasteiger partial charge in [0.15, 0.2) is 0 Å². The van der Waals surface area contributed by atoms with E-state index >= 15 is 0 Å². The number of anilines is 1. The fraction of sp³-hybridized carbons (Fsp3) is 0.0714. The smallest absolute Gasteiger partial charge is 0.376 e. The van der Waals surface area contributed by atoms with Crippen LogP contribution in [0.25, 0.3) is 5.76 Å². The van der Waals surface area contributed by atoms with Crippen LogP contribution in [0.1, 0.15) is 11.1 Å². The molecule has 21 heavy (non-hydrogen) atoms. The summed E-state index contributed by atoms with van der Waals surface area (Å²) in [5.41, 5.74) is 7.48. The first kappa shape index (κ1) is 14.3. The molecule has 1 aromatic carbocycles. The molecule has 0 saturated carbocycles. The molecule has 0 unspecified atom stereocenters. The van der Waals surface area contributed by atoms with Gasteiger partial charge in [-0.25, -0.2) is 4.79 Å². The van der Waals surface area contributed by atoms with Gasteiger partial charge in [0.1, 0.15) is 5.76 Å². The van der Waals surface area contributed by atoms with Crippen LogP contribution in [0.5, 0.6) is 0 Å². The van der Waals surface area contributed by atoms with Crippen molar-refractivity contribution in [1.82, 2.24) is 9.78 Å². The van der Waals surface area contributed by atoms with E-state index in [2.05, 4.69) is 5.10 Å². The van der Waals surface area contributed by atoms with Crippen molar-refractivity contribution >= 4 is 23.2 Å². The molecule has 4 N–H and O–H groups in total. The third kappa shape index (κ3) is 3.69. The number of benzene rings is 1. The highest BCUT2D eigenvalue weighted by molar-refractivity contribution is 6.38. The number of nitrogens with two attached hydrogens (primary N) is 1. The summed E-state index contributed by atoms with van der Waals surface area (Å²) >= 11 is 0. The van der Waals surface area contributed by atoms with Gasteiger partial charge in [0.05, 0.1) is 18.3 Å². The fourth-order valence-electron chi connectivity index (χ4n) is 1.66. The van der Waals surface area contributed by atoms with Crippen molar-refractivity contribution in [3.8, 4) is 0 Å². The van der Waals surface area contributed by atoms with Crippen LogP contribution < -0.4 is 5.73 Å². The number of hydrogen-bond donors (Lipinski definition) is 3. The van der Waals surface area contributed by atoms with Gasteiger partial charge in [0, 0.05) is 18.0 Å². The SMILES string of the molecule is Nc1ccc(Cn2cc(C(O)=CC(=O)C(=O)O)cn2)cc1. The number of nitrogens with zero attached hydrogens (tertiary/aromatic N) is 2. The van der Waals surface area contributed by atoms with Crippen LogP contribution in [-0.4, -0.2) is 31.7 Å². The zero-order valence-electron chi connectivity index (χ0n) is 10.9. The Morgan fingerprint density at radius 2 is 1.90 bits per heavy atom. The lowest BCUT2D eigenvalue weighted by Crippen LogP contribution is -2.09. The number of hydrogen-bond acceptors (Lipinski definition) is 5. The van der Waals surface area contributed by atoms with E-state index in [1.807, 2.05) is 12.1 Å². The first-order valence-electron chi connectivity index (χ1n) is 6.01. The Balaban J connectivity index is 2.12. The lowest BCUT2D eigenvalue weighted by Gasteiger charge is -2.02. The Morgan fingerprint density at radius 3 is 2.52 bits per heavy atom. The number of rotatable bonds is 5. The van der Waals surface area contributed by atoms with Crippen LogP contribution in [0, 0.1) is 0 Å². The molecule has 2 rings (SSSR count). The maximum absolute atomic E-state index is 11.0. The molecule has 7 heteroatoms. The lowest BCUT2D eigenvalue weighted by atomic mass is 10.2. The molecule has 7 nitrogen and oxygen atoms in total. The van der Waals surface area contributed by atoms with Crippen LogP contribution in [0.15, 0.2) is 42.7 Å². The molecule has 0 radical (unpaired) electrons. The van der Waals surface area contributed by atoms with Gasteiger partial charge in [0.25, 0.3) is 5.78 Å². The van der Waals surface area contributed by atoms with Gasteiger partial charge in [-0.2, -0.15) is 5.10 Å². The topological polar surface area (TPSA) is 118 Å². The molecule has 1 aromatic heterocycles. The number of carboxylic acid groups (broad SMARTS) is 1. The van der Waals surface area contributed by atoms with E-state index in [4.69, 9.17) is 10.8 Å². The number of carbonyl (C=O) groups excluding carboxylic acids is 1. The van der Waals surface area contributed by atoms with Gasteiger partial charge >= 0.3 is 5.97 Å². The molecule has 1 heterocycles. The Labute approximate surface area is 119 Å². The first-order valence-corrected chi connectivity index (χ1v) is 6.01. The molecule has 0 spiro atoms. The molecule has 0 amide bonds. The van der Waals surface area contributed by atoms with Gasteiger partial charge < -0.3 is 15.9 Å². The summed E-state index contributed by atoms with van der Waals surface area (Å²) in [5.74, 6) is -3.26. The molecule has 0 atom stereocenters. The fourth-order valence-corrected chi connectivity index (χ4v) is 1.66. The molecule has 0 fully saturated rings. The van der Waals surface area contributed by atoms with Gasteiger partial charge in [-0.05, 0) is 17.7 Å². The summed E-state index contributed by atoms with van der Waals surface area (Å²) in [5, 5.41) is 22.2. The molecule has 0 aliphatic heterocycles. The predicted octanol–water partition coefficient (Wildman–Crippen LogP) is 1.07. The van der Waals surface area contributed by atoms with Crippen LogP contribution in [0.3, 0.4) is 0 Å². The van der Waals surface area contributed by atoms with Crippen molar-refractivity contribution in [1.29, 1.82) is 0 Å². The second-order valence-electron chi connectivity index (χ2n) is 4.37. The highest BCUT2D eigenvalue weighted by Crippen LogP contribution is 2.12. The van der Waals surface area contributed by atoms with Crippen molar-refractivity contribution < 1.29 is 19.8 Å². The zero-order chi connectivity index (χ0) is 15.4. The Hall–Kier alpha value is -3.09. The Bertz CT molecular complexity index is 701. The van der Waals surface area contributed by atoms with Crippen LogP contribution in [0.4, 0.5) is 5.69 Å². The minimum Gasteiger partial charge on any atom is -0.507 e. The van der Waals surface area contributed by atoms with Gasteiger partial charge in [0.2, 0.25) is 0 Å². The molecule has 0 bridgehead atoms. The highest BCUT2D eigenvalue weighted by atomic mass is 16.4. The van der Waals surface area contributed by atoms with E-state index in [0.29, 0.717) is 18.3 Å². The monoisotopic (exact) mass is 287 g/mol. The lowest BCUT2D eigenvalue weighted by molar-refractivity contribution is -0.146. The van der Waals surface area contributed by atoms with E-state index in [1.54, 1.807) is 16.8 Å². The predicted molar refractivity (Wildman–Crippen MR) is 75.4 cm³/mol. The molecule has 108 valence electrons. The second kappa shape index (κ2) is 5.91. The summed E-state index contributed by atoms with van der Waals surface area (Å²) in [6.45, 7) is 0.459. The molecule has 2 aromatic rings. The molecular weight excluding hydrogens is 274 g/mol. The molecule has 0 aliphatic rings. The summed E-state index contributed by atoms with van der Waals surface area (Å²) in [7, 11) is 0. The number of aliphatic hydroxyl groups excluding tert-OH is 1. The van der Waals surface area contributed by atoms with Crippen molar-refractivity contribution in [2.24, 2.45) is 0 Å². The second-order valence-corrected chi connectivity index (χ2v) is 4.37. The average molecular weight is 287 g/mol. The van der Waals surface area contributed by atoms with E-state index in [1.165, 1.54) is 12.4 Å². The Morgan fingerprint density at radius 1 is 1.24 bits per heavy atom. The van der Waals surface area contributed by atoms with Crippen molar-refractivity contribution in [2.75, 3.05) is 5.73 Å². The summed E-state index contributed by atoms with van der Waals surface area (Å²) < 4.78 is 1.55. The highest BCUT2D eigenvalue weighted by Gasteiger charge is 2.11. The standard InChI is InChI=1S/C14H13N3O4/c15-11-3-1-9(2-4-11)7-17-8-10(6-16-17)12(18)5-13(19)14(20)21/h1-6,8,18H,7,15H2,(H,20,21). The normalized spacial score (nSPS) is 11.3. The maximum atomic E-state index is 11.0. The van der Waals surface area contributed by atoms with Crippen molar-refractivity contribution in [3.05, 3.63) is 53.9 Å². The van der Waals surface area contributed by atoms with Crippen LogP contribution >= 0.6 is 0 Å². The van der Waals surface area contributed by atoms with Gasteiger partial charge in [-0.1, -0.05) is 12.1 Å². The van der Waals surface area contributed by atoms with E-state index in [-0.39, 0.29) is 5.56 Å². The minimum atomic E-state index is -1.63. The van der Waals surface area contributed by atoms with E-state index in [0.717, 1.165) is 5.56 Å². The number of aliphatic carboxylic acids is 1.